The molecule has 3 aromatic carbocycles. The Morgan fingerprint density at radius 3 is 2.37 bits per heavy atom. The summed E-state index contributed by atoms with van der Waals surface area (Å²) in [6.07, 6.45) is 9.54. The van der Waals surface area contributed by atoms with Crippen molar-refractivity contribution in [3.8, 4) is 11.8 Å². The van der Waals surface area contributed by atoms with Crippen molar-refractivity contribution < 1.29 is 8.78 Å². The van der Waals surface area contributed by atoms with Crippen LogP contribution >= 0.6 is 0 Å². The molecule has 1 aliphatic rings. The van der Waals surface area contributed by atoms with Crippen LogP contribution in [0.3, 0.4) is 0 Å². The first-order chi connectivity index (χ1) is 14.6. The Labute approximate surface area is 177 Å². The van der Waals surface area contributed by atoms with Crippen molar-refractivity contribution in [2.45, 2.75) is 44.4 Å². The van der Waals surface area contributed by atoms with Gasteiger partial charge in [-0.1, -0.05) is 42.2 Å². The van der Waals surface area contributed by atoms with Gasteiger partial charge in [-0.15, -0.1) is 6.58 Å². The molecule has 0 nitrogen and oxygen atoms in total. The van der Waals surface area contributed by atoms with Gasteiger partial charge in [0.15, 0.2) is 11.6 Å². The fraction of sp³-hybridized carbons (Fsp3) is 0.286. The van der Waals surface area contributed by atoms with Gasteiger partial charge in [-0.2, -0.15) is 0 Å². The third-order valence-electron chi connectivity index (χ3n) is 6.27. The van der Waals surface area contributed by atoms with Crippen LogP contribution in [0.5, 0.6) is 0 Å². The predicted octanol–water partition coefficient (Wildman–Crippen LogP) is 7.76. The minimum atomic E-state index is -0.847. The van der Waals surface area contributed by atoms with Crippen molar-refractivity contribution in [2.75, 3.05) is 0 Å². The average Bonchev–Trinajstić information content (AvgIpc) is 2.78. The van der Waals surface area contributed by atoms with Crippen molar-refractivity contribution in [3.05, 3.63) is 95.6 Å². The van der Waals surface area contributed by atoms with Crippen molar-refractivity contribution in [2.24, 2.45) is 5.92 Å². The minimum absolute atomic E-state index is 0.633. The monoisotopic (exact) mass is 400 g/mol. The van der Waals surface area contributed by atoms with E-state index in [1.165, 1.54) is 49.8 Å². The van der Waals surface area contributed by atoms with Crippen LogP contribution in [0.25, 0.3) is 10.8 Å². The highest BCUT2D eigenvalue weighted by atomic mass is 19.2. The van der Waals surface area contributed by atoms with Crippen LogP contribution in [0.1, 0.15) is 61.1 Å². The summed E-state index contributed by atoms with van der Waals surface area (Å²) in [6.45, 7) is 3.83. The maximum Gasteiger partial charge on any atom is 0.159 e. The summed E-state index contributed by atoms with van der Waals surface area (Å²) in [7, 11) is 0. The van der Waals surface area contributed by atoms with E-state index in [0.29, 0.717) is 22.3 Å². The number of fused-ring (bicyclic) bond motifs is 1. The molecule has 0 spiro atoms. The molecule has 0 radical (unpaired) electrons. The predicted molar refractivity (Wildman–Crippen MR) is 120 cm³/mol. The molecule has 0 aliphatic heterocycles. The molecule has 0 N–H and O–H groups in total. The van der Waals surface area contributed by atoms with Crippen molar-refractivity contribution in [1.82, 2.24) is 0 Å². The summed E-state index contributed by atoms with van der Waals surface area (Å²) in [6, 6.07) is 16.4. The number of allylic oxidation sites excluding steroid dienone is 1. The zero-order valence-electron chi connectivity index (χ0n) is 17.1. The van der Waals surface area contributed by atoms with Crippen LogP contribution in [-0.2, 0) is 0 Å². The van der Waals surface area contributed by atoms with Gasteiger partial charge in [-0.25, -0.2) is 8.78 Å². The largest absolute Gasteiger partial charge is 0.204 e. The van der Waals surface area contributed by atoms with E-state index in [1.807, 2.05) is 18.2 Å². The van der Waals surface area contributed by atoms with Crippen LogP contribution in [0, 0.1) is 29.4 Å². The molecule has 2 heteroatoms. The van der Waals surface area contributed by atoms with E-state index >= 15 is 0 Å². The Hall–Kier alpha value is -2.92. The van der Waals surface area contributed by atoms with Crippen LogP contribution in [0.4, 0.5) is 8.78 Å². The van der Waals surface area contributed by atoms with E-state index in [0.717, 1.165) is 17.9 Å². The highest BCUT2D eigenvalue weighted by Gasteiger charge is 2.21. The van der Waals surface area contributed by atoms with Crippen molar-refractivity contribution in [1.29, 1.82) is 0 Å². The van der Waals surface area contributed by atoms with Crippen molar-refractivity contribution >= 4 is 10.8 Å². The van der Waals surface area contributed by atoms with Gasteiger partial charge in [0.2, 0.25) is 0 Å². The Balaban J connectivity index is 1.47. The van der Waals surface area contributed by atoms with Gasteiger partial charge in [0.1, 0.15) is 0 Å². The summed E-state index contributed by atoms with van der Waals surface area (Å²) in [5, 5.41) is 1.29. The van der Waals surface area contributed by atoms with Gasteiger partial charge < -0.3 is 0 Å². The van der Waals surface area contributed by atoms with Gasteiger partial charge >= 0.3 is 0 Å². The molecule has 1 aliphatic carbocycles. The number of rotatable bonds is 4. The quantitative estimate of drug-likeness (QED) is 0.310. The summed E-state index contributed by atoms with van der Waals surface area (Å²) >= 11 is 0. The first-order valence-corrected chi connectivity index (χ1v) is 10.7. The molecule has 0 unspecified atom stereocenters. The number of hydrogen-bond donors (Lipinski definition) is 0. The lowest BCUT2D eigenvalue weighted by Gasteiger charge is -2.28. The second-order valence-electron chi connectivity index (χ2n) is 8.25. The second kappa shape index (κ2) is 9.26. The van der Waals surface area contributed by atoms with E-state index in [1.54, 1.807) is 6.07 Å². The first kappa shape index (κ1) is 20.4. The number of benzene rings is 3. The smallest absolute Gasteiger partial charge is 0.159 e. The lowest BCUT2D eigenvalue weighted by Crippen LogP contribution is -2.13. The first-order valence-electron chi connectivity index (χ1n) is 10.7. The molecule has 0 aromatic heterocycles. The van der Waals surface area contributed by atoms with Crippen LogP contribution in [0.15, 0.2) is 67.3 Å². The van der Waals surface area contributed by atoms with E-state index in [4.69, 9.17) is 0 Å². The lowest BCUT2D eigenvalue weighted by atomic mass is 9.77. The zero-order valence-corrected chi connectivity index (χ0v) is 17.1. The van der Waals surface area contributed by atoms with Gasteiger partial charge in [-0.3, -0.25) is 0 Å². The van der Waals surface area contributed by atoms with Gasteiger partial charge in [-0.05, 0) is 91.6 Å². The zero-order chi connectivity index (χ0) is 20.9. The van der Waals surface area contributed by atoms with Crippen LogP contribution in [-0.4, -0.2) is 0 Å². The highest BCUT2D eigenvalue weighted by Crippen LogP contribution is 2.37. The fourth-order valence-electron chi connectivity index (χ4n) is 4.50. The Morgan fingerprint density at radius 1 is 0.900 bits per heavy atom. The molecule has 1 saturated carbocycles. The fourth-order valence-corrected chi connectivity index (χ4v) is 4.50. The van der Waals surface area contributed by atoms with Crippen LogP contribution in [0.2, 0.25) is 0 Å². The third-order valence-corrected chi connectivity index (χ3v) is 6.27. The molecule has 0 atom stereocenters. The topological polar surface area (TPSA) is 0 Å². The Kier molecular flexibility index (Phi) is 6.29. The summed E-state index contributed by atoms with van der Waals surface area (Å²) in [5.74, 6) is 6.11. The molecular formula is C28H26F2. The lowest BCUT2D eigenvalue weighted by molar-refractivity contribution is 0.312. The van der Waals surface area contributed by atoms with E-state index < -0.39 is 11.6 Å². The van der Waals surface area contributed by atoms with Gasteiger partial charge in [0, 0.05) is 16.5 Å². The highest BCUT2D eigenvalue weighted by molar-refractivity contribution is 5.88. The van der Waals surface area contributed by atoms with E-state index in [9.17, 15) is 8.78 Å². The molecule has 0 amide bonds. The SMILES string of the molecule is C=CCCC1CCC(c2ccc(C#Cc3cccc4cc(F)c(F)cc34)cc2)CC1. The summed E-state index contributed by atoms with van der Waals surface area (Å²) in [5.41, 5.74) is 3.02. The molecular weight excluding hydrogens is 374 g/mol. The summed E-state index contributed by atoms with van der Waals surface area (Å²) < 4.78 is 27.2. The van der Waals surface area contributed by atoms with E-state index in [2.05, 4.69) is 42.7 Å². The van der Waals surface area contributed by atoms with Crippen molar-refractivity contribution in [3.63, 3.8) is 0 Å². The number of halogens is 2. The molecule has 0 bridgehead atoms. The van der Waals surface area contributed by atoms with Crippen LogP contribution < -0.4 is 0 Å². The molecule has 0 heterocycles. The molecule has 0 saturated heterocycles. The Morgan fingerprint density at radius 2 is 1.63 bits per heavy atom. The summed E-state index contributed by atoms with van der Waals surface area (Å²) in [4.78, 5) is 0. The molecule has 152 valence electrons. The number of hydrogen-bond acceptors (Lipinski definition) is 0. The molecule has 1 fully saturated rings. The van der Waals surface area contributed by atoms with E-state index in [-0.39, 0.29) is 0 Å². The average molecular weight is 401 g/mol. The second-order valence-corrected chi connectivity index (χ2v) is 8.25. The Bertz CT molecular complexity index is 1090. The minimum Gasteiger partial charge on any atom is -0.204 e. The molecule has 30 heavy (non-hydrogen) atoms. The van der Waals surface area contributed by atoms with Gasteiger partial charge in [0.05, 0.1) is 0 Å². The molecule has 4 rings (SSSR count). The molecule has 3 aromatic rings. The third kappa shape index (κ3) is 4.62. The van der Waals surface area contributed by atoms with Gasteiger partial charge in [0.25, 0.3) is 0 Å². The normalized spacial score (nSPS) is 18.6. The standard InChI is InChI=1S/C28H26F2/c1-2-3-5-20-8-13-22(14-9-20)23-15-10-21(11-16-23)12-17-24-6-4-7-25-18-27(29)28(30)19-26(24)25/h2,4,6-7,10-11,15-16,18-20,22H,1,3,5,8-9,13-14H2. The maximum absolute atomic E-state index is 13.7. The maximum atomic E-state index is 13.7.